The smallest absolute Gasteiger partial charge is 0.295 e. The van der Waals surface area contributed by atoms with Crippen LogP contribution in [0.1, 0.15) is 22.3 Å². The topological polar surface area (TPSA) is 65.6 Å². The lowest BCUT2D eigenvalue weighted by Gasteiger charge is -2.33. The summed E-state index contributed by atoms with van der Waals surface area (Å²) in [7, 11) is 3.63. The SMILES string of the molecule is Cn1c(=O)n(C)c2c(-c3ccc(-c4nc(-c5ccccc5)nc(-c5cccc6c5-c5ccccc5C6(c5ccccc5)c5ccccc5)n4)cc3)cccc21. The summed E-state index contributed by atoms with van der Waals surface area (Å²) in [5, 5.41) is 0. The highest BCUT2D eigenvalue weighted by molar-refractivity contribution is 5.95. The van der Waals surface area contributed by atoms with Crippen molar-refractivity contribution in [1.82, 2.24) is 24.1 Å². The Morgan fingerprint density at radius 1 is 0.418 bits per heavy atom. The van der Waals surface area contributed by atoms with Crippen molar-refractivity contribution in [3.63, 3.8) is 0 Å². The normalized spacial score (nSPS) is 12.8. The van der Waals surface area contributed by atoms with E-state index in [-0.39, 0.29) is 5.69 Å². The van der Waals surface area contributed by atoms with Crippen molar-refractivity contribution in [3.05, 3.63) is 209 Å². The van der Waals surface area contributed by atoms with E-state index in [9.17, 15) is 4.79 Å². The first kappa shape index (κ1) is 32.5. The van der Waals surface area contributed by atoms with Crippen LogP contribution in [-0.4, -0.2) is 24.1 Å². The van der Waals surface area contributed by atoms with E-state index in [0.717, 1.165) is 50.0 Å². The molecule has 0 saturated heterocycles. The van der Waals surface area contributed by atoms with E-state index >= 15 is 0 Å². The molecule has 0 radical (unpaired) electrons. The van der Waals surface area contributed by atoms with Gasteiger partial charge in [0.15, 0.2) is 17.5 Å². The second kappa shape index (κ2) is 12.7. The molecule has 1 aliphatic carbocycles. The Kier molecular flexibility index (Phi) is 7.52. The van der Waals surface area contributed by atoms with Crippen LogP contribution in [0.4, 0.5) is 0 Å². The zero-order chi connectivity index (χ0) is 37.1. The third-order valence-corrected chi connectivity index (χ3v) is 11.1. The summed E-state index contributed by atoms with van der Waals surface area (Å²) in [4.78, 5) is 28.4. The minimum absolute atomic E-state index is 0.0509. The van der Waals surface area contributed by atoms with Gasteiger partial charge < -0.3 is 0 Å². The van der Waals surface area contributed by atoms with E-state index in [1.54, 1.807) is 9.13 Å². The lowest BCUT2D eigenvalue weighted by molar-refractivity contribution is 0.768. The molecule has 2 heterocycles. The van der Waals surface area contributed by atoms with Crippen LogP contribution in [0, 0.1) is 0 Å². The third-order valence-electron chi connectivity index (χ3n) is 11.1. The predicted molar refractivity (Wildman–Crippen MR) is 221 cm³/mol. The van der Waals surface area contributed by atoms with Crippen molar-refractivity contribution in [2.45, 2.75) is 5.41 Å². The summed E-state index contributed by atoms with van der Waals surface area (Å²) < 4.78 is 3.40. The number of para-hydroxylation sites is 1. The molecule has 7 aromatic carbocycles. The maximum atomic E-state index is 12.8. The van der Waals surface area contributed by atoms with Crippen molar-refractivity contribution >= 4 is 11.0 Å². The molecular formula is C49H35N5O. The fraction of sp³-hybridized carbons (Fsp3) is 0.0612. The maximum absolute atomic E-state index is 12.8. The number of aromatic nitrogens is 5. The van der Waals surface area contributed by atoms with Gasteiger partial charge in [-0.3, -0.25) is 9.13 Å². The van der Waals surface area contributed by atoms with E-state index in [2.05, 4.69) is 133 Å². The molecule has 0 spiro atoms. The Morgan fingerprint density at radius 3 is 1.58 bits per heavy atom. The van der Waals surface area contributed by atoms with Crippen LogP contribution in [0.25, 0.3) is 67.5 Å². The van der Waals surface area contributed by atoms with Crippen LogP contribution in [-0.2, 0) is 19.5 Å². The zero-order valence-electron chi connectivity index (χ0n) is 30.4. The molecule has 6 nitrogen and oxygen atoms in total. The number of benzene rings is 7. The van der Waals surface area contributed by atoms with E-state index < -0.39 is 5.41 Å². The number of rotatable bonds is 6. The van der Waals surface area contributed by atoms with Gasteiger partial charge in [-0.25, -0.2) is 19.7 Å². The molecule has 0 atom stereocenters. The van der Waals surface area contributed by atoms with Crippen molar-refractivity contribution in [2.75, 3.05) is 0 Å². The highest BCUT2D eigenvalue weighted by Gasteiger charge is 2.47. The van der Waals surface area contributed by atoms with Gasteiger partial charge in [0.25, 0.3) is 0 Å². The number of aryl methyl sites for hydroxylation is 2. The second-order valence-corrected chi connectivity index (χ2v) is 14.1. The third kappa shape index (κ3) is 4.95. The molecule has 1 aliphatic rings. The first-order valence-electron chi connectivity index (χ1n) is 18.5. The Labute approximate surface area is 318 Å². The molecule has 0 saturated carbocycles. The molecular weight excluding hydrogens is 675 g/mol. The largest absolute Gasteiger partial charge is 0.328 e. The number of hydrogen-bond acceptors (Lipinski definition) is 4. The summed E-state index contributed by atoms with van der Waals surface area (Å²) in [6, 6.07) is 61.3. The molecule has 0 fully saturated rings. The number of imidazole rings is 1. The molecule has 9 aromatic rings. The molecule has 55 heavy (non-hydrogen) atoms. The van der Waals surface area contributed by atoms with Gasteiger partial charge in [0.2, 0.25) is 0 Å². The lowest BCUT2D eigenvalue weighted by Crippen LogP contribution is -2.28. The summed E-state index contributed by atoms with van der Waals surface area (Å²) in [5.74, 6) is 1.80. The van der Waals surface area contributed by atoms with Gasteiger partial charge in [0.05, 0.1) is 16.4 Å². The van der Waals surface area contributed by atoms with Gasteiger partial charge in [-0.05, 0) is 45.0 Å². The van der Waals surface area contributed by atoms with Crippen molar-refractivity contribution in [1.29, 1.82) is 0 Å². The molecule has 0 N–H and O–H groups in total. The van der Waals surface area contributed by atoms with Gasteiger partial charge in [0.1, 0.15) is 0 Å². The minimum Gasteiger partial charge on any atom is -0.295 e. The highest BCUT2D eigenvalue weighted by atomic mass is 16.1. The molecule has 0 unspecified atom stereocenters. The number of nitrogens with zero attached hydrogens (tertiary/aromatic N) is 5. The summed E-state index contributed by atoms with van der Waals surface area (Å²) in [6.45, 7) is 0. The average Bonchev–Trinajstić information content (AvgIpc) is 3.69. The van der Waals surface area contributed by atoms with E-state index in [0.29, 0.717) is 17.5 Å². The Morgan fingerprint density at radius 2 is 0.909 bits per heavy atom. The fourth-order valence-electron chi connectivity index (χ4n) is 8.63. The Balaban J connectivity index is 1.18. The molecule has 0 aliphatic heterocycles. The van der Waals surface area contributed by atoms with Crippen molar-refractivity contribution < 1.29 is 0 Å². The molecule has 10 rings (SSSR count). The molecule has 0 bridgehead atoms. The van der Waals surface area contributed by atoms with Crippen LogP contribution in [0.15, 0.2) is 181 Å². The monoisotopic (exact) mass is 709 g/mol. The van der Waals surface area contributed by atoms with Crippen LogP contribution < -0.4 is 5.69 Å². The molecule has 6 heteroatoms. The van der Waals surface area contributed by atoms with Gasteiger partial charge in [0, 0.05) is 36.3 Å². The van der Waals surface area contributed by atoms with E-state index in [4.69, 9.17) is 15.0 Å². The average molecular weight is 710 g/mol. The maximum Gasteiger partial charge on any atom is 0.328 e. The van der Waals surface area contributed by atoms with Crippen LogP contribution in [0.2, 0.25) is 0 Å². The van der Waals surface area contributed by atoms with Gasteiger partial charge in [-0.15, -0.1) is 0 Å². The standard InChI is InChI=1S/C49H35N5O/c1-53-42-27-15-23-37(44(42)54(2)48(53)55)32-28-30-34(31-29-32)46-50-45(33-16-6-3-7-17-33)51-47(52-46)39-24-14-26-41-43(39)38-22-12-13-25-40(38)49(41,35-18-8-4-9-19-35)36-20-10-5-11-21-36/h3-31H,1-2H3. The number of fused-ring (bicyclic) bond motifs is 4. The first-order chi connectivity index (χ1) is 27.0. The van der Waals surface area contributed by atoms with Crippen LogP contribution in [0.3, 0.4) is 0 Å². The summed E-state index contributed by atoms with van der Waals surface area (Å²) in [5.41, 5.74) is 13.1. The summed E-state index contributed by atoms with van der Waals surface area (Å²) in [6.07, 6.45) is 0. The van der Waals surface area contributed by atoms with Crippen molar-refractivity contribution in [2.24, 2.45) is 14.1 Å². The highest BCUT2D eigenvalue weighted by Crippen LogP contribution is 2.58. The minimum atomic E-state index is -0.538. The molecule has 262 valence electrons. The van der Waals surface area contributed by atoms with Gasteiger partial charge in [-0.2, -0.15) is 0 Å². The Bertz CT molecular complexity index is 2910. The first-order valence-corrected chi connectivity index (χ1v) is 18.5. The Hall–Kier alpha value is -7.18. The second-order valence-electron chi connectivity index (χ2n) is 14.1. The predicted octanol–water partition coefficient (Wildman–Crippen LogP) is 10.1. The zero-order valence-corrected chi connectivity index (χ0v) is 30.4. The summed E-state index contributed by atoms with van der Waals surface area (Å²) >= 11 is 0. The van der Waals surface area contributed by atoms with Crippen LogP contribution in [0.5, 0.6) is 0 Å². The quantitative estimate of drug-likeness (QED) is 0.172. The molecule has 2 aromatic heterocycles. The van der Waals surface area contributed by atoms with Gasteiger partial charge >= 0.3 is 5.69 Å². The van der Waals surface area contributed by atoms with Crippen molar-refractivity contribution in [3.8, 4) is 56.4 Å². The van der Waals surface area contributed by atoms with E-state index in [1.165, 1.54) is 22.3 Å². The fourth-order valence-corrected chi connectivity index (χ4v) is 8.63. The van der Waals surface area contributed by atoms with Gasteiger partial charge in [-0.1, -0.05) is 170 Å². The molecule has 0 amide bonds. The number of hydrogen-bond donors (Lipinski definition) is 0. The lowest BCUT2D eigenvalue weighted by atomic mass is 9.67. The van der Waals surface area contributed by atoms with E-state index in [1.807, 2.05) is 56.6 Å². The van der Waals surface area contributed by atoms with Crippen LogP contribution >= 0.6 is 0 Å².